The molecule has 0 saturated carbocycles. The first kappa shape index (κ1) is 11.7. The van der Waals surface area contributed by atoms with Crippen LogP contribution in [0.4, 0.5) is 0 Å². The number of nitrogens with one attached hydrogen (secondary N) is 1. The van der Waals surface area contributed by atoms with Gasteiger partial charge in [-0.15, -0.1) is 0 Å². The van der Waals surface area contributed by atoms with Crippen LogP contribution in [0.25, 0.3) is 0 Å². The first-order valence-corrected chi connectivity index (χ1v) is 7.41. The Kier molecular flexibility index (Phi) is 3.66. The predicted octanol–water partition coefficient (Wildman–Crippen LogP) is 1.19. The Morgan fingerprint density at radius 2 is 2.38 bits per heavy atom. The lowest BCUT2D eigenvalue weighted by molar-refractivity contribution is 0.460. The largest absolute Gasteiger partial charge is 0.468 e. The van der Waals surface area contributed by atoms with Gasteiger partial charge in [-0.2, -0.15) is 0 Å². The summed E-state index contributed by atoms with van der Waals surface area (Å²) in [6.07, 6.45) is 3.41. The van der Waals surface area contributed by atoms with Gasteiger partial charge >= 0.3 is 0 Å². The molecule has 1 fully saturated rings. The third-order valence-corrected chi connectivity index (χ3v) is 4.77. The fourth-order valence-corrected chi connectivity index (χ4v) is 3.94. The average molecular weight is 243 g/mol. The number of hydrogen-bond acceptors (Lipinski definition) is 4. The summed E-state index contributed by atoms with van der Waals surface area (Å²) in [5, 5.41) is 3.25. The molecule has 0 bridgehead atoms. The second kappa shape index (κ2) is 5.01. The standard InChI is InChI=1S/C11H17NO3S/c13-16(14)7-4-10(9-16)3-5-12-8-11-2-1-6-15-11/h1-2,6,10,12H,3-5,7-9H2. The normalized spacial score (nSPS) is 23.6. The minimum atomic E-state index is -2.72. The summed E-state index contributed by atoms with van der Waals surface area (Å²) in [6, 6.07) is 3.79. The molecule has 4 nitrogen and oxygen atoms in total. The maximum atomic E-state index is 11.2. The fraction of sp³-hybridized carbons (Fsp3) is 0.636. The van der Waals surface area contributed by atoms with Gasteiger partial charge in [0.25, 0.3) is 0 Å². The summed E-state index contributed by atoms with van der Waals surface area (Å²) in [6.45, 7) is 1.56. The summed E-state index contributed by atoms with van der Waals surface area (Å²) in [4.78, 5) is 0. The van der Waals surface area contributed by atoms with Crippen LogP contribution in [0.15, 0.2) is 22.8 Å². The van der Waals surface area contributed by atoms with E-state index in [0.717, 1.165) is 25.1 Å². The van der Waals surface area contributed by atoms with Crippen LogP contribution in [-0.2, 0) is 16.4 Å². The molecule has 0 amide bonds. The molecule has 16 heavy (non-hydrogen) atoms. The Labute approximate surface area is 95.9 Å². The molecule has 0 aromatic carbocycles. The third kappa shape index (κ3) is 3.35. The first-order valence-electron chi connectivity index (χ1n) is 5.59. The van der Waals surface area contributed by atoms with E-state index in [9.17, 15) is 8.42 Å². The molecule has 90 valence electrons. The van der Waals surface area contributed by atoms with Gasteiger partial charge in [-0.05, 0) is 37.4 Å². The zero-order valence-corrected chi connectivity index (χ0v) is 10.0. The highest BCUT2D eigenvalue weighted by molar-refractivity contribution is 7.91. The Hall–Kier alpha value is -0.810. The maximum Gasteiger partial charge on any atom is 0.150 e. The highest BCUT2D eigenvalue weighted by atomic mass is 32.2. The van der Waals surface area contributed by atoms with Gasteiger partial charge in [0.1, 0.15) is 5.76 Å². The molecule has 1 aromatic heterocycles. The molecule has 1 aromatic rings. The Morgan fingerprint density at radius 3 is 3.00 bits per heavy atom. The monoisotopic (exact) mass is 243 g/mol. The van der Waals surface area contributed by atoms with Crippen molar-refractivity contribution in [2.24, 2.45) is 5.92 Å². The van der Waals surface area contributed by atoms with Crippen molar-refractivity contribution in [1.82, 2.24) is 5.32 Å². The minimum Gasteiger partial charge on any atom is -0.468 e. The van der Waals surface area contributed by atoms with E-state index in [-0.39, 0.29) is 0 Å². The number of rotatable bonds is 5. The van der Waals surface area contributed by atoms with E-state index >= 15 is 0 Å². The second-order valence-corrected chi connectivity index (χ2v) is 6.54. The molecule has 1 saturated heterocycles. The number of furan rings is 1. The van der Waals surface area contributed by atoms with Gasteiger partial charge in [-0.25, -0.2) is 8.42 Å². The van der Waals surface area contributed by atoms with Crippen LogP contribution in [0.5, 0.6) is 0 Å². The van der Waals surface area contributed by atoms with Crippen LogP contribution in [-0.4, -0.2) is 26.5 Å². The maximum absolute atomic E-state index is 11.2. The summed E-state index contributed by atoms with van der Waals surface area (Å²) >= 11 is 0. The highest BCUT2D eigenvalue weighted by Crippen LogP contribution is 2.20. The van der Waals surface area contributed by atoms with Crippen LogP contribution in [0.1, 0.15) is 18.6 Å². The van der Waals surface area contributed by atoms with Crippen molar-refractivity contribution in [2.75, 3.05) is 18.1 Å². The van der Waals surface area contributed by atoms with Crippen molar-refractivity contribution in [3.8, 4) is 0 Å². The van der Waals surface area contributed by atoms with Gasteiger partial charge in [0.05, 0.1) is 24.3 Å². The summed E-state index contributed by atoms with van der Waals surface area (Å²) in [5.74, 6) is 2.00. The molecule has 1 aliphatic rings. The zero-order valence-electron chi connectivity index (χ0n) is 9.19. The van der Waals surface area contributed by atoms with E-state index in [0.29, 0.717) is 24.0 Å². The third-order valence-electron chi connectivity index (χ3n) is 2.94. The van der Waals surface area contributed by atoms with Crippen molar-refractivity contribution in [3.05, 3.63) is 24.2 Å². The van der Waals surface area contributed by atoms with Crippen LogP contribution in [0.3, 0.4) is 0 Å². The fourth-order valence-electron chi connectivity index (χ4n) is 2.03. The van der Waals surface area contributed by atoms with Crippen molar-refractivity contribution < 1.29 is 12.8 Å². The van der Waals surface area contributed by atoms with Gasteiger partial charge < -0.3 is 9.73 Å². The average Bonchev–Trinajstić information content (AvgIpc) is 2.82. The summed E-state index contributed by atoms with van der Waals surface area (Å²) in [7, 11) is -2.72. The molecule has 0 aliphatic carbocycles. The molecule has 2 heterocycles. The molecule has 5 heteroatoms. The molecule has 2 rings (SSSR count). The molecule has 1 N–H and O–H groups in total. The SMILES string of the molecule is O=S1(=O)CCC(CCNCc2ccco2)C1. The lowest BCUT2D eigenvalue weighted by atomic mass is 10.1. The van der Waals surface area contributed by atoms with E-state index in [1.807, 2.05) is 12.1 Å². The summed E-state index contributed by atoms with van der Waals surface area (Å²) in [5.41, 5.74) is 0. The molecule has 1 atom stereocenters. The minimum absolute atomic E-state index is 0.342. The van der Waals surface area contributed by atoms with E-state index in [4.69, 9.17) is 4.42 Å². The Bertz CT molecular complexity index is 410. The predicted molar refractivity (Wildman–Crippen MR) is 61.8 cm³/mol. The Balaban J connectivity index is 1.62. The van der Waals surface area contributed by atoms with Crippen LogP contribution in [0.2, 0.25) is 0 Å². The van der Waals surface area contributed by atoms with Crippen LogP contribution >= 0.6 is 0 Å². The van der Waals surface area contributed by atoms with Gasteiger partial charge in [-0.1, -0.05) is 0 Å². The van der Waals surface area contributed by atoms with Crippen molar-refractivity contribution in [1.29, 1.82) is 0 Å². The lowest BCUT2D eigenvalue weighted by Gasteiger charge is -2.07. The van der Waals surface area contributed by atoms with E-state index in [1.54, 1.807) is 6.26 Å². The van der Waals surface area contributed by atoms with Crippen LogP contribution in [0, 0.1) is 5.92 Å². The van der Waals surface area contributed by atoms with Crippen molar-refractivity contribution >= 4 is 9.84 Å². The number of sulfone groups is 1. The van der Waals surface area contributed by atoms with Gasteiger partial charge in [0.2, 0.25) is 0 Å². The molecule has 1 unspecified atom stereocenters. The lowest BCUT2D eigenvalue weighted by Crippen LogP contribution is -2.18. The van der Waals surface area contributed by atoms with E-state index < -0.39 is 9.84 Å². The molecule has 0 radical (unpaired) electrons. The molecule has 0 spiro atoms. The summed E-state index contributed by atoms with van der Waals surface area (Å²) < 4.78 is 27.6. The van der Waals surface area contributed by atoms with Gasteiger partial charge in [0, 0.05) is 0 Å². The molecular weight excluding hydrogens is 226 g/mol. The van der Waals surface area contributed by atoms with Crippen molar-refractivity contribution in [3.63, 3.8) is 0 Å². The molecule has 1 aliphatic heterocycles. The quantitative estimate of drug-likeness (QED) is 0.789. The van der Waals surface area contributed by atoms with Crippen molar-refractivity contribution in [2.45, 2.75) is 19.4 Å². The molecular formula is C11H17NO3S. The van der Waals surface area contributed by atoms with Crippen LogP contribution < -0.4 is 5.32 Å². The Morgan fingerprint density at radius 1 is 1.50 bits per heavy atom. The number of hydrogen-bond donors (Lipinski definition) is 1. The van der Waals surface area contributed by atoms with Gasteiger partial charge in [0.15, 0.2) is 9.84 Å². The van der Waals surface area contributed by atoms with Gasteiger partial charge in [-0.3, -0.25) is 0 Å². The smallest absolute Gasteiger partial charge is 0.150 e. The highest BCUT2D eigenvalue weighted by Gasteiger charge is 2.26. The van der Waals surface area contributed by atoms with E-state index in [1.165, 1.54) is 0 Å². The second-order valence-electron chi connectivity index (χ2n) is 4.31. The van der Waals surface area contributed by atoms with E-state index in [2.05, 4.69) is 5.32 Å². The zero-order chi connectivity index (χ0) is 11.4. The first-order chi connectivity index (χ1) is 7.66. The topological polar surface area (TPSA) is 59.3 Å².